The first-order valence-corrected chi connectivity index (χ1v) is 8.99. The minimum atomic E-state index is -3.44. The molecule has 0 aliphatic heterocycles. The number of sulfonamides is 1. The standard InChI is InChI=1S/C16H28N2O2S/c1-7-18(13(4)5)21(19,20)16-10-8-9-15(14(16)6)11-17-12(2)3/h8-10,12-13,17H,7,11H2,1-6H3. The summed E-state index contributed by atoms with van der Waals surface area (Å²) in [6.07, 6.45) is 0. The molecule has 21 heavy (non-hydrogen) atoms. The first-order valence-electron chi connectivity index (χ1n) is 7.55. The molecule has 120 valence electrons. The zero-order chi connectivity index (χ0) is 16.2. The molecule has 0 atom stereocenters. The molecule has 1 aromatic carbocycles. The fraction of sp³-hybridized carbons (Fsp3) is 0.625. The maximum absolute atomic E-state index is 12.8. The van der Waals surface area contributed by atoms with Crippen molar-refractivity contribution >= 4 is 10.0 Å². The molecule has 0 aliphatic carbocycles. The van der Waals surface area contributed by atoms with Crippen LogP contribution in [0.2, 0.25) is 0 Å². The molecule has 0 heterocycles. The van der Waals surface area contributed by atoms with Gasteiger partial charge < -0.3 is 5.32 Å². The average Bonchev–Trinajstić information content (AvgIpc) is 2.37. The van der Waals surface area contributed by atoms with E-state index in [1.165, 1.54) is 4.31 Å². The molecule has 0 saturated carbocycles. The first kappa shape index (κ1) is 18.1. The van der Waals surface area contributed by atoms with Gasteiger partial charge in [-0.2, -0.15) is 4.31 Å². The van der Waals surface area contributed by atoms with E-state index in [1.54, 1.807) is 6.07 Å². The molecule has 0 unspecified atom stereocenters. The van der Waals surface area contributed by atoms with Gasteiger partial charge in [0.15, 0.2) is 0 Å². The van der Waals surface area contributed by atoms with E-state index in [0.29, 0.717) is 24.0 Å². The van der Waals surface area contributed by atoms with E-state index in [9.17, 15) is 8.42 Å². The van der Waals surface area contributed by atoms with Crippen LogP contribution in [-0.4, -0.2) is 31.4 Å². The van der Waals surface area contributed by atoms with Crippen LogP contribution in [0, 0.1) is 6.92 Å². The van der Waals surface area contributed by atoms with E-state index in [1.807, 2.05) is 39.8 Å². The summed E-state index contributed by atoms with van der Waals surface area (Å²) in [6.45, 7) is 12.9. The molecule has 0 fully saturated rings. The first-order chi connectivity index (χ1) is 9.71. The van der Waals surface area contributed by atoms with Crippen LogP contribution in [0.5, 0.6) is 0 Å². The van der Waals surface area contributed by atoms with Crippen molar-refractivity contribution in [3.05, 3.63) is 29.3 Å². The third-order valence-corrected chi connectivity index (χ3v) is 5.87. The average molecular weight is 312 g/mol. The van der Waals surface area contributed by atoms with Crippen molar-refractivity contribution in [2.24, 2.45) is 0 Å². The van der Waals surface area contributed by atoms with Crippen molar-refractivity contribution in [3.8, 4) is 0 Å². The van der Waals surface area contributed by atoms with Crippen LogP contribution in [0.25, 0.3) is 0 Å². The van der Waals surface area contributed by atoms with Crippen LogP contribution in [0.4, 0.5) is 0 Å². The second-order valence-electron chi connectivity index (χ2n) is 5.88. The van der Waals surface area contributed by atoms with Crippen LogP contribution >= 0.6 is 0 Å². The van der Waals surface area contributed by atoms with E-state index >= 15 is 0 Å². The fourth-order valence-electron chi connectivity index (χ4n) is 2.38. The van der Waals surface area contributed by atoms with E-state index in [4.69, 9.17) is 0 Å². The molecule has 0 spiro atoms. The zero-order valence-corrected chi connectivity index (χ0v) is 14.8. The van der Waals surface area contributed by atoms with Gasteiger partial charge in [-0.3, -0.25) is 0 Å². The smallest absolute Gasteiger partial charge is 0.243 e. The molecule has 5 heteroatoms. The van der Waals surface area contributed by atoms with Crippen molar-refractivity contribution in [2.75, 3.05) is 6.54 Å². The quantitative estimate of drug-likeness (QED) is 0.842. The van der Waals surface area contributed by atoms with Gasteiger partial charge in [-0.1, -0.05) is 32.9 Å². The Labute approximate surface area is 129 Å². The van der Waals surface area contributed by atoms with E-state index < -0.39 is 10.0 Å². The number of rotatable bonds is 7. The van der Waals surface area contributed by atoms with Crippen LogP contribution in [0.3, 0.4) is 0 Å². The Kier molecular flexibility index (Phi) is 6.38. The molecule has 0 aliphatic rings. The summed E-state index contributed by atoms with van der Waals surface area (Å²) in [5.74, 6) is 0. The van der Waals surface area contributed by atoms with Crippen LogP contribution in [0.1, 0.15) is 45.7 Å². The van der Waals surface area contributed by atoms with Gasteiger partial charge in [-0.05, 0) is 38.0 Å². The number of nitrogens with one attached hydrogen (secondary N) is 1. The second-order valence-corrected chi connectivity index (χ2v) is 7.74. The van der Waals surface area contributed by atoms with Gasteiger partial charge in [0.25, 0.3) is 0 Å². The van der Waals surface area contributed by atoms with Gasteiger partial charge in [-0.25, -0.2) is 8.42 Å². The van der Waals surface area contributed by atoms with Crippen LogP contribution in [-0.2, 0) is 16.6 Å². The highest BCUT2D eigenvalue weighted by atomic mass is 32.2. The SMILES string of the molecule is CCN(C(C)C)S(=O)(=O)c1cccc(CNC(C)C)c1C. The number of hydrogen-bond donors (Lipinski definition) is 1. The topological polar surface area (TPSA) is 49.4 Å². The van der Waals surface area contributed by atoms with Gasteiger partial charge in [-0.15, -0.1) is 0 Å². The minimum absolute atomic E-state index is 0.0446. The molecule has 0 aromatic heterocycles. The van der Waals surface area contributed by atoms with Crippen molar-refractivity contribution in [1.29, 1.82) is 0 Å². The molecule has 4 nitrogen and oxygen atoms in total. The fourth-order valence-corrected chi connectivity index (χ4v) is 4.30. The van der Waals surface area contributed by atoms with Crippen LogP contribution < -0.4 is 5.32 Å². The lowest BCUT2D eigenvalue weighted by Gasteiger charge is -2.25. The maximum Gasteiger partial charge on any atom is 0.243 e. The third-order valence-electron chi connectivity index (χ3n) is 3.57. The Hall–Kier alpha value is -0.910. The minimum Gasteiger partial charge on any atom is -0.310 e. The Morgan fingerprint density at radius 1 is 1.19 bits per heavy atom. The van der Waals surface area contributed by atoms with Crippen molar-refractivity contribution in [3.63, 3.8) is 0 Å². The molecule has 1 N–H and O–H groups in total. The number of benzene rings is 1. The zero-order valence-electron chi connectivity index (χ0n) is 14.0. The van der Waals surface area contributed by atoms with Crippen molar-refractivity contribution in [1.82, 2.24) is 9.62 Å². The Morgan fingerprint density at radius 2 is 1.81 bits per heavy atom. The van der Waals surface area contributed by atoms with E-state index in [-0.39, 0.29) is 6.04 Å². The normalized spacial score (nSPS) is 12.6. The highest BCUT2D eigenvalue weighted by molar-refractivity contribution is 7.89. The maximum atomic E-state index is 12.8. The largest absolute Gasteiger partial charge is 0.310 e. The molecular weight excluding hydrogens is 284 g/mol. The third kappa shape index (κ3) is 4.28. The molecule has 0 amide bonds. The Bertz CT molecular complexity index is 566. The van der Waals surface area contributed by atoms with Gasteiger partial charge in [0, 0.05) is 25.2 Å². The lowest BCUT2D eigenvalue weighted by Crippen LogP contribution is -2.37. The molecule has 0 radical (unpaired) electrons. The molecule has 1 rings (SSSR count). The van der Waals surface area contributed by atoms with Crippen LogP contribution in [0.15, 0.2) is 23.1 Å². The highest BCUT2D eigenvalue weighted by Crippen LogP contribution is 2.24. The lowest BCUT2D eigenvalue weighted by molar-refractivity contribution is 0.369. The summed E-state index contributed by atoms with van der Waals surface area (Å²) in [5.41, 5.74) is 1.87. The Morgan fingerprint density at radius 3 is 2.29 bits per heavy atom. The predicted octanol–water partition coefficient (Wildman–Crippen LogP) is 2.91. The lowest BCUT2D eigenvalue weighted by atomic mass is 10.1. The van der Waals surface area contributed by atoms with Gasteiger partial charge in [0.2, 0.25) is 10.0 Å². The molecule has 1 aromatic rings. The Balaban J connectivity index is 3.22. The molecule has 0 saturated heterocycles. The molecular formula is C16H28N2O2S. The van der Waals surface area contributed by atoms with Crippen molar-refractivity contribution < 1.29 is 8.42 Å². The number of nitrogens with zero attached hydrogens (tertiary/aromatic N) is 1. The van der Waals surface area contributed by atoms with E-state index in [0.717, 1.165) is 11.1 Å². The summed E-state index contributed by atoms with van der Waals surface area (Å²) >= 11 is 0. The van der Waals surface area contributed by atoms with Crippen molar-refractivity contribution in [2.45, 2.75) is 65.1 Å². The van der Waals surface area contributed by atoms with Gasteiger partial charge in [0.05, 0.1) is 4.90 Å². The summed E-state index contributed by atoms with van der Waals surface area (Å²) in [5, 5.41) is 3.34. The predicted molar refractivity (Wildman–Crippen MR) is 87.9 cm³/mol. The van der Waals surface area contributed by atoms with Gasteiger partial charge in [0.1, 0.15) is 0 Å². The number of hydrogen-bond acceptors (Lipinski definition) is 3. The molecule has 0 bridgehead atoms. The highest BCUT2D eigenvalue weighted by Gasteiger charge is 2.27. The summed E-state index contributed by atoms with van der Waals surface area (Å²) in [6, 6.07) is 5.83. The second kappa shape index (κ2) is 7.38. The monoisotopic (exact) mass is 312 g/mol. The summed E-state index contributed by atoms with van der Waals surface area (Å²) < 4.78 is 27.2. The summed E-state index contributed by atoms with van der Waals surface area (Å²) in [4.78, 5) is 0.418. The van der Waals surface area contributed by atoms with Gasteiger partial charge >= 0.3 is 0 Å². The van der Waals surface area contributed by atoms with E-state index in [2.05, 4.69) is 19.2 Å². The summed E-state index contributed by atoms with van der Waals surface area (Å²) in [7, 11) is -3.44.